The van der Waals surface area contributed by atoms with Gasteiger partial charge in [-0.25, -0.2) is 0 Å². The average Bonchev–Trinajstić information content (AvgIpc) is 1.54. The molecule has 0 aromatic carbocycles. The van der Waals surface area contributed by atoms with Crippen molar-refractivity contribution < 1.29 is 22.5 Å². The number of rotatable bonds is 1. The standard InChI is InChI=1S/C5H10O2.CH4O3S/c1-5(2,3)7-4-6;1-5(2,3)4/h4H,1-3H3;1H3,(H,2,3,4). The smallest absolute Gasteiger partial charge is 0.293 e. The lowest BCUT2D eigenvalue weighted by atomic mass is 10.2. The van der Waals surface area contributed by atoms with E-state index in [9.17, 15) is 13.2 Å². The van der Waals surface area contributed by atoms with Crippen LogP contribution in [-0.4, -0.2) is 31.3 Å². The van der Waals surface area contributed by atoms with Gasteiger partial charge in [-0.05, 0) is 20.8 Å². The summed E-state index contributed by atoms with van der Waals surface area (Å²) in [6.07, 6.45) is 0.715. The highest BCUT2D eigenvalue weighted by molar-refractivity contribution is 7.85. The molecule has 0 rings (SSSR count). The third-order valence-electron chi connectivity index (χ3n) is 0.402. The fourth-order valence-electron chi connectivity index (χ4n) is 0.144. The molecule has 0 atom stereocenters. The molecule has 0 aliphatic heterocycles. The van der Waals surface area contributed by atoms with Gasteiger partial charge in [-0.2, -0.15) is 8.42 Å². The summed E-state index contributed by atoms with van der Waals surface area (Å²) in [5.41, 5.74) is -0.318. The maximum absolute atomic E-state index is 9.60. The monoisotopic (exact) mass is 198 g/mol. The zero-order valence-electron chi connectivity index (χ0n) is 7.57. The normalized spacial score (nSPS) is 11.1. The van der Waals surface area contributed by atoms with Crippen LogP contribution < -0.4 is 0 Å². The van der Waals surface area contributed by atoms with Crippen molar-refractivity contribution in [3.63, 3.8) is 0 Å². The predicted octanol–water partition coefficient (Wildman–Crippen LogP) is 0.462. The van der Waals surface area contributed by atoms with Crippen LogP contribution in [0.5, 0.6) is 0 Å². The largest absolute Gasteiger partial charge is 0.462 e. The first-order chi connectivity index (χ1) is 5.06. The van der Waals surface area contributed by atoms with Crippen molar-refractivity contribution >= 4 is 16.6 Å². The number of carbonyl (C=O) groups excluding carboxylic acids is 1. The minimum atomic E-state index is -3.67. The number of hydrogen-bond acceptors (Lipinski definition) is 4. The first-order valence-electron chi connectivity index (χ1n) is 3.10. The minimum Gasteiger partial charge on any atom is -0.462 e. The van der Waals surface area contributed by atoms with Crippen LogP contribution in [0, 0.1) is 0 Å². The molecule has 0 heterocycles. The third-order valence-corrected chi connectivity index (χ3v) is 0.402. The zero-order chi connectivity index (χ0) is 10.4. The van der Waals surface area contributed by atoms with Gasteiger partial charge in [0.1, 0.15) is 5.60 Å². The van der Waals surface area contributed by atoms with E-state index in [4.69, 9.17) is 4.55 Å². The molecule has 0 unspecified atom stereocenters. The van der Waals surface area contributed by atoms with E-state index in [-0.39, 0.29) is 5.60 Å². The molecule has 12 heavy (non-hydrogen) atoms. The van der Waals surface area contributed by atoms with Crippen LogP contribution >= 0.6 is 0 Å². The quantitative estimate of drug-likeness (QED) is 0.489. The van der Waals surface area contributed by atoms with E-state index < -0.39 is 10.1 Å². The summed E-state index contributed by atoms with van der Waals surface area (Å²) in [6.45, 7) is 5.92. The van der Waals surface area contributed by atoms with E-state index in [0.717, 1.165) is 0 Å². The fraction of sp³-hybridized carbons (Fsp3) is 0.833. The molecule has 0 aromatic heterocycles. The summed E-state index contributed by atoms with van der Waals surface area (Å²) in [6, 6.07) is 0. The predicted molar refractivity (Wildman–Crippen MR) is 44.4 cm³/mol. The van der Waals surface area contributed by atoms with Crippen LogP contribution in [0.1, 0.15) is 20.8 Å². The lowest BCUT2D eigenvalue weighted by molar-refractivity contribution is -0.138. The van der Waals surface area contributed by atoms with Crippen molar-refractivity contribution in [1.82, 2.24) is 0 Å². The van der Waals surface area contributed by atoms with Crippen molar-refractivity contribution in [2.24, 2.45) is 0 Å². The van der Waals surface area contributed by atoms with Crippen molar-refractivity contribution in [1.29, 1.82) is 0 Å². The Morgan fingerprint density at radius 1 is 1.33 bits per heavy atom. The highest BCUT2D eigenvalue weighted by Gasteiger charge is 2.07. The molecular weight excluding hydrogens is 184 g/mol. The molecule has 0 fully saturated rings. The molecule has 6 heteroatoms. The SMILES string of the molecule is CC(C)(C)OC=O.CS(=O)(=O)O. The van der Waals surface area contributed by atoms with E-state index in [1.807, 2.05) is 20.8 Å². The highest BCUT2D eigenvalue weighted by atomic mass is 32.2. The number of ether oxygens (including phenoxy) is 1. The molecule has 0 bridgehead atoms. The summed E-state index contributed by atoms with van der Waals surface area (Å²) < 4.78 is 30.4. The van der Waals surface area contributed by atoms with Gasteiger partial charge in [-0.3, -0.25) is 9.35 Å². The first kappa shape index (κ1) is 13.9. The molecule has 0 spiro atoms. The number of carbonyl (C=O) groups is 1. The molecule has 1 N–H and O–H groups in total. The van der Waals surface area contributed by atoms with Crippen LogP contribution in [0.15, 0.2) is 0 Å². The molecule has 0 radical (unpaired) electrons. The van der Waals surface area contributed by atoms with Crippen molar-refractivity contribution in [2.45, 2.75) is 26.4 Å². The van der Waals surface area contributed by atoms with Gasteiger partial charge in [0, 0.05) is 0 Å². The van der Waals surface area contributed by atoms with Gasteiger partial charge in [0.25, 0.3) is 16.6 Å². The summed E-state index contributed by atoms with van der Waals surface area (Å²) in [5.74, 6) is 0. The molecule has 0 aliphatic rings. The Balaban J connectivity index is 0. The molecule has 74 valence electrons. The van der Waals surface area contributed by atoms with Crippen molar-refractivity contribution in [3.05, 3.63) is 0 Å². The van der Waals surface area contributed by atoms with Crippen LogP contribution in [-0.2, 0) is 19.6 Å². The van der Waals surface area contributed by atoms with E-state index in [1.54, 1.807) is 0 Å². The summed E-state index contributed by atoms with van der Waals surface area (Å²) in [5, 5.41) is 0. The van der Waals surface area contributed by atoms with Gasteiger partial charge in [0.2, 0.25) is 0 Å². The maximum atomic E-state index is 9.60. The van der Waals surface area contributed by atoms with Gasteiger partial charge in [0.15, 0.2) is 0 Å². The second-order valence-electron chi connectivity index (χ2n) is 3.06. The Bertz CT molecular complexity index is 203. The Labute approximate surface area is 72.5 Å². The molecule has 0 amide bonds. The molecule has 0 saturated heterocycles. The Morgan fingerprint density at radius 2 is 1.58 bits per heavy atom. The highest BCUT2D eigenvalue weighted by Crippen LogP contribution is 2.02. The van der Waals surface area contributed by atoms with Crippen LogP contribution in [0.4, 0.5) is 0 Å². The maximum Gasteiger partial charge on any atom is 0.293 e. The van der Waals surface area contributed by atoms with E-state index >= 15 is 0 Å². The molecule has 5 nitrogen and oxygen atoms in total. The Morgan fingerprint density at radius 3 is 1.58 bits per heavy atom. The van der Waals surface area contributed by atoms with Gasteiger partial charge >= 0.3 is 0 Å². The lowest BCUT2D eigenvalue weighted by Gasteiger charge is -2.14. The second-order valence-corrected chi connectivity index (χ2v) is 4.53. The zero-order valence-corrected chi connectivity index (χ0v) is 8.38. The second kappa shape index (κ2) is 5.10. The van der Waals surface area contributed by atoms with Gasteiger partial charge < -0.3 is 4.74 Å². The van der Waals surface area contributed by atoms with Gasteiger partial charge in [-0.15, -0.1) is 0 Å². The topological polar surface area (TPSA) is 80.7 Å². The Kier molecular flexibility index (Phi) is 5.92. The van der Waals surface area contributed by atoms with Crippen LogP contribution in [0.25, 0.3) is 0 Å². The van der Waals surface area contributed by atoms with Crippen LogP contribution in [0.3, 0.4) is 0 Å². The van der Waals surface area contributed by atoms with Gasteiger partial charge in [0.05, 0.1) is 6.26 Å². The minimum absolute atomic E-state index is 0.318. The summed E-state index contributed by atoms with van der Waals surface area (Å²) >= 11 is 0. The lowest BCUT2D eigenvalue weighted by Crippen LogP contribution is -2.17. The van der Waals surface area contributed by atoms with Crippen molar-refractivity contribution in [3.8, 4) is 0 Å². The van der Waals surface area contributed by atoms with Crippen LogP contribution in [0.2, 0.25) is 0 Å². The van der Waals surface area contributed by atoms with Crippen molar-refractivity contribution in [2.75, 3.05) is 6.26 Å². The molecular formula is C6H14O5S. The summed E-state index contributed by atoms with van der Waals surface area (Å²) in [4.78, 5) is 9.60. The molecule has 0 saturated carbocycles. The van der Waals surface area contributed by atoms with Gasteiger partial charge in [-0.1, -0.05) is 0 Å². The van der Waals surface area contributed by atoms with E-state index in [0.29, 0.717) is 12.7 Å². The Hall–Kier alpha value is -0.620. The molecule has 0 aromatic rings. The fourth-order valence-corrected chi connectivity index (χ4v) is 0.144. The van der Waals surface area contributed by atoms with E-state index in [1.165, 1.54) is 0 Å². The first-order valence-corrected chi connectivity index (χ1v) is 4.95. The summed E-state index contributed by atoms with van der Waals surface area (Å²) in [7, 11) is -3.67. The molecule has 0 aliphatic carbocycles. The van der Waals surface area contributed by atoms with E-state index in [2.05, 4.69) is 4.74 Å². The third kappa shape index (κ3) is 57.7. The number of hydrogen-bond donors (Lipinski definition) is 1. The average molecular weight is 198 g/mol.